The number of urea groups is 1. The molecule has 0 saturated heterocycles. The summed E-state index contributed by atoms with van der Waals surface area (Å²) in [6.45, 7) is -0.532. The number of thioether (sulfide) groups is 1. The lowest BCUT2D eigenvalue weighted by Gasteiger charge is -2.06. The summed E-state index contributed by atoms with van der Waals surface area (Å²) in [7, 11) is 1.36. The van der Waals surface area contributed by atoms with Crippen LogP contribution >= 0.6 is 35.0 Å². The van der Waals surface area contributed by atoms with Crippen LogP contribution in [0.5, 0.6) is 0 Å². The molecule has 0 bridgehead atoms. The van der Waals surface area contributed by atoms with Gasteiger partial charge in [0, 0.05) is 17.0 Å². The summed E-state index contributed by atoms with van der Waals surface area (Å²) in [6.07, 6.45) is 0. The van der Waals surface area contributed by atoms with Gasteiger partial charge in [0.2, 0.25) is 0 Å². The van der Waals surface area contributed by atoms with Crippen LogP contribution in [-0.4, -0.2) is 37.3 Å². The molecular formula is C12H12Cl2N2O4S. The number of ether oxygens (including phenoxy) is 1. The molecule has 0 aliphatic rings. The van der Waals surface area contributed by atoms with E-state index in [1.165, 1.54) is 7.05 Å². The van der Waals surface area contributed by atoms with Crippen LogP contribution in [0.2, 0.25) is 10.0 Å². The first kappa shape index (κ1) is 17.6. The lowest BCUT2D eigenvalue weighted by atomic mass is 10.4. The highest BCUT2D eigenvalue weighted by Crippen LogP contribution is 2.29. The highest BCUT2D eigenvalue weighted by atomic mass is 35.5. The van der Waals surface area contributed by atoms with Crippen molar-refractivity contribution in [3.63, 3.8) is 0 Å². The molecule has 0 aromatic heterocycles. The molecule has 0 fully saturated rings. The maximum atomic E-state index is 11.5. The minimum atomic E-state index is -0.714. The number of imide groups is 1. The summed E-state index contributed by atoms with van der Waals surface area (Å²) in [5.74, 6) is -1.36. The van der Waals surface area contributed by atoms with E-state index in [9.17, 15) is 14.4 Å². The molecule has 0 atom stereocenters. The number of esters is 1. The van der Waals surface area contributed by atoms with E-state index in [0.717, 1.165) is 11.8 Å². The van der Waals surface area contributed by atoms with Gasteiger partial charge in [0.25, 0.3) is 5.91 Å². The van der Waals surface area contributed by atoms with Crippen LogP contribution in [0.1, 0.15) is 0 Å². The van der Waals surface area contributed by atoms with Crippen LogP contribution in [0.4, 0.5) is 4.79 Å². The maximum absolute atomic E-state index is 11.5. The largest absolute Gasteiger partial charge is 0.455 e. The normalized spacial score (nSPS) is 9.86. The van der Waals surface area contributed by atoms with Gasteiger partial charge in [0.05, 0.1) is 10.8 Å². The number of hydrogen-bond donors (Lipinski definition) is 2. The maximum Gasteiger partial charge on any atom is 0.321 e. The zero-order chi connectivity index (χ0) is 15.8. The Morgan fingerprint density at radius 1 is 1.29 bits per heavy atom. The van der Waals surface area contributed by atoms with Crippen molar-refractivity contribution in [3.05, 3.63) is 28.2 Å². The van der Waals surface area contributed by atoms with E-state index >= 15 is 0 Å². The first-order valence-corrected chi connectivity index (χ1v) is 7.41. The molecule has 3 amide bonds. The second-order valence-electron chi connectivity index (χ2n) is 3.65. The third-order valence-corrected chi connectivity index (χ3v) is 3.79. The second kappa shape index (κ2) is 8.76. The Balaban J connectivity index is 2.36. The fraction of sp³-hybridized carbons (Fsp3) is 0.250. The molecule has 6 nitrogen and oxygen atoms in total. The Kier molecular flexibility index (Phi) is 7.35. The number of rotatable bonds is 5. The number of nitrogens with one attached hydrogen (secondary N) is 2. The van der Waals surface area contributed by atoms with Gasteiger partial charge in [0.1, 0.15) is 0 Å². The van der Waals surface area contributed by atoms with Gasteiger partial charge in [-0.15, -0.1) is 11.8 Å². The minimum Gasteiger partial charge on any atom is -0.455 e. The number of halogens is 2. The standard InChI is InChI=1S/C12H12Cl2N2O4S/c1-15-12(19)16-10(17)5-20-11(18)6-21-9-4-7(13)2-3-8(9)14/h2-4H,5-6H2,1H3,(H2,15,16,17,19). The van der Waals surface area contributed by atoms with E-state index in [1.807, 2.05) is 5.32 Å². The van der Waals surface area contributed by atoms with Crippen molar-refractivity contribution in [2.45, 2.75) is 4.90 Å². The lowest BCUT2D eigenvalue weighted by molar-refractivity contribution is -0.145. The Labute approximate surface area is 135 Å². The summed E-state index contributed by atoms with van der Waals surface area (Å²) in [4.78, 5) is 34.1. The van der Waals surface area contributed by atoms with Gasteiger partial charge < -0.3 is 10.1 Å². The third-order valence-electron chi connectivity index (χ3n) is 2.08. The SMILES string of the molecule is CNC(=O)NC(=O)COC(=O)CSc1cc(Cl)ccc1Cl. The van der Waals surface area contributed by atoms with Crippen LogP contribution in [0.3, 0.4) is 0 Å². The molecule has 1 aromatic rings. The lowest BCUT2D eigenvalue weighted by Crippen LogP contribution is -2.39. The molecule has 21 heavy (non-hydrogen) atoms. The Bertz CT molecular complexity index is 554. The van der Waals surface area contributed by atoms with E-state index in [0.29, 0.717) is 14.9 Å². The van der Waals surface area contributed by atoms with Gasteiger partial charge in [-0.1, -0.05) is 23.2 Å². The van der Waals surface area contributed by atoms with Gasteiger partial charge in [-0.3, -0.25) is 14.9 Å². The summed E-state index contributed by atoms with van der Waals surface area (Å²) >= 11 is 12.9. The van der Waals surface area contributed by atoms with Crippen molar-refractivity contribution in [2.24, 2.45) is 0 Å². The smallest absolute Gasteiger partial charge is 0.321 e. The molecule has 1 aromatic carbocycles. The second-order valence-corrected chi connectivity index (χ2v) is 5.51. The van der Waals surface area contributed by atoms with Crippen molar-refractivity contribution in [1.29, 1.82) is 0 Å². The monoisotopic (exact) mass is 350 g/mol. The molecule has 0 unspecified atom stereocenters. The van der Waals surface area contributed by atoms with Crippen LogP contribution < -0.4 is 10.6 Å². The van der Waals surface area contributed by atoms with Crippen molar-refractivity contribution in [2.75, 3.05) is 19.4 Å². The van der Waals surface area contributed by atoms with Crippen LogP contribution in [0, 0.1) is 0 Å². The molecule has 0 radical (unpaired) electrons. The van der Waals surface area contributed by atoms with Gasteiger partial charge >= 0.3 is 12.0 Å². The molecule has 0 aliphatic heterocycles. The average molecular weight is 351 g/mol. The first-order valence-electron chi connectivity index (χ1n) is 5.67. The van der Waals surface area contributed by atoms with Crippen molar-refractivity contribution < 1.29 is 19.1 Å². The fourth-order valence-electron chi connectivity index (χ4n) is 1.14. The number of carbonyl (C=O) groups excluding carboxylic acids is 3. The predicted molar refractivity (Wildman–Crippen MR) is 80.7 cm³/mol. The summed E-state index contributed by atoms with van der Waals surface area (Å²) in [6, 6.07) is 4.21. The van der Waals surface area contributed by atoms with Crippen LogP contribution in [0.15, 0.2) is 23.1 Å². The Morgan fingerprint density at radius 2 is 2.00 bits per heavy atom. The Hall–Kier alpha value is -1.44. The minimum absolute atomic E-state index is 0.0344. The number of amides is 3. The highest BCUT2D eigenvalue weighted by molar-refractivity contribution is 8.00. The molecule has 0 spiro atoms. The molecule has 0 saturated carbocycles. The van der Waals surface area contributed by atoms with E-state index < -0.39 is 24.5 Å². The number of hydrogen-bond acceptors (Lipinski definition) is 5. The van der Waals surface area contributed by atoms with E-state index in [2.05, 4.69) is 5.32 Å². The predicted octanol–water partition coefficient (Wildman–Crippen LogP) is 2.08. The number of carbonyl (C=O) groups is 3. The zero-order valence-electron chi connectivity index (χ0n) is 10.9. The highest BCUT2D eigenvalue weighted by Gasteiger charge is 2.11. The third kappa shape index (κ3) is 6.70. The quantitative estimate of drug-likeness (QED) is 0.627. The molecule has 0 heterocycles. The van der Waals surface area contributed by atoms with Gasteiger partial charge in [-0.2, -0.15) is 0 Å². The van der Waals surface area contributed by atoms with E-state index in [1.54, 1.807) is 18.2 Å². The molecule has 0 aliphatic carbocycles. The van der Waals surface area contributed by atoms with Crippen molar-refractivity contribution >= 4 is 52.9 Å². The number of benzene rings is 1. The van der Waals surface area contributed by atoms with E-state index in [4.69, 9.17) is 27.9 Å². The van der Waals surface area contributed by atoms with Crippen molar-refractivity contribution in [1.82, 2.24) is 10.6 Å². The molecule has 9 heteroatoms. The Morgan fingerprint density at radius 3 is 2.67 bits per heavy atom. The zero-order valence-corrected chi connectivity index (χ0v) is 13.3. The van der Waals surface area contributed by atoms with E-state index in [-0.39, 0.29) is 5.75 Å². The molecule has 114 valence electrons. The van der Waals surface area contributed by atoms with Crippen LogP contribution in [-0.2, 0) is 14.3 Å². The summed E-state index contributed by atoms with van der Waals surface area (Å²) < 4.78 is 4.71. The van der Waals surface area contributed by atoms with Gasteiger partial charge in [0.15, 0.2) is 6.61 Å². The fourth-order valence-corrected chi connectivity index (χ4v) is 2.43. The average Bonchev–Trinajstić information content (AvgIpc) is 2.45. The van der Waals surface area contributed by atoms with Gasteiger partial charge in [-0.25, -0.2) is 4.79 Å². The summed E-state index contributed by atoms with van der Waals surface area (Å²) in [5, 5.41) is 5.13. The molecule has 1 rings (SSSR count). The van der Waals surface area contributed by atoms with Crippen LogP contribution in [0.25, 0.3) is 0 Å². The molecular weight excluding hydrogens is 339 g/mol. The topological polar surface area (TPSA) is 84.5 Å². The summed E-state index contributed by atoms with van der Waals surface area (Å²) in [5.41, 5.74) is 0. The first-order chi connectivity index (χ1) is 9.92. The van der Waals surface area contributed by atoms with Crippen molar-refractivity contribution in [3.8, 4) is 0 Å². The molecule has 2 N–H and O–H groups in total. The van der Waals surface area contributed by atoms with Gasteiger partial charge in [-0.05, 0) is 18.2 Å².